The second kappa shape index (κ2) is 9.30. The number of hydrogen-bond donors (Lipinski definition) is 1. The number of nitrogens with one attached hydrogen (secondary N) is 1. The molecule has 8 nitrogen and oxygen atoms in total. The van der Waals surface area contributed by atoms with Gasteiger partial charge in [0.1, 0.15) is 0 Å². The van der Waals surface area contributed by atoms with Crippen LogP contribution >= 0.6 is 15.9 Å². The molecule has 1 aliphatic heterocycles. The van der Waals surface area contributed by atoms with Gasteiger partial charge in [0.2, 0.25) is 5.95 Å². The highest BCUT2D eigenvalue weighted by molar-refractivity contribution is 9.10. The maximum atomic E-state index is 13.2. The SMILES string of the molecule is COC(=O)c1ccccc1NC(C)c1cc(Br)cc2c(=O)n(C)c(N3CCOCC3)nc12. The molecule has 4 rings (SSSR count). The van der Waals surface area contributed by atoms with Crippen LogP contribution in [0.4, 0.5) is 11.6 Å². The van der Waals surface area contributed by atoms with Crippen LogP contribution < -0.4 is 15.8 Å². The van der Waals surface area contributed by atoms with Gasteiger partial charge in [0.05, 0.1) is 42.8 Å². The van der Waals surface area contributed by atoms with Gasteiger partial charge in [0.15, 0.2) is 0 Å². The lowest BCUT2D eigenvalue weighted by atomic mass is 10.0. The minimum absolute atomic E-state index is 0.110. The molecule has 1 saturated heterocycles. The second-order valence-electron chi connectivity index (χ2n) is 7.67. The molecular weight excluding hydrogens is 476 g/mol. The zero-order chi connectivity index (χ0) is 22.8. The van der Waals surface area contributed by atoms with Crippen LogP contribution in [0, 0.1) is 0 Å². The Kier molecular flexibility index (Phi) is 6.48. The lowest BCUT2D eigenvalue weighted by Gasteiger charge is -2.29. The molecule has 0 aliphatic carbocycles. The Labute approximate surface area is 194 Å². The Morgan fingerprint density at radius 2 is 1.97 bits per heavy atom. The third-order valence-electron chi connectivity index (χ3n) is 5.62. The number of carbonyl (C=O) groups is 1. The predicted octanol–water partition coefficient (Wildman–Crippen LogP) is 3.49. The topological polar surface area (TPSA) is 85.7 Å². The first-order valence-corrected chi connectivity index (χ1v) is 11.2. The summed E-state index contributed by atoms with van der Waals surface area (Å²) in [6.07, 6.45) is 0. The zero-order valence-corrected chi connectivity index (χ0v) is 19.8. The summed E-state index contributed by atoms with van der Waals surface area (Å²) in [4.78, 5) is 32.4. The van der Waals surface area contributed by atoms with E-state index in [0.717, 1.165) is 10.0 Å². The summed E-state index contributed by atoms with van der Waals surface area (Å²) in [5, 5.41) is 3.92. The Balaban J connectivity index is 1.81. The van der Waals surface area contributed by atoms with Crippen molar-refractivity contribution in [3.05, 3.63) is 62.4 Å². The summed E-state index contributed by atoms with van der Waals surface area (Å²) in [5.41, 5.74) is 2.46. The van der Waals surface area contributed by atoms with Gasteiger partial charge in [-0.15, -0.1) is 0 Å². The summed E-state index contributed by atoms with van der Waals surface area (Å²) >= 11 is 3.54. The van der Waals surface area contributed by atoms with E-state index in [-0.39, 0.29) is 11.6 Å². The zero-order valence-electron chi connectivity index (χ0n) is 18.2. The number of rotatable bonds is 5. The number of aromatic nitrogens is 2. The summed E-state index contributed by atoms with van der Waals surface area (Å²) in [7, 11) is 3.10. The Morgan fingerprint density at radius 1 is 1.25 bits per heavy atom. The van der Waals surface area contributed by atoms with Gasteiger partial charge in [0, 0.05) is 35.9 Å². The van der Waals surface area contributed by atoms with Crippen molar-refractivity contribution in [3.8, 4) is 0 Å². The van der Waals surface area contributed by atoms with Gasteiger partial charge < -0.3 is 19.7 Å². The fourth-order valence-corrected chi connectivity index (χ4v) is 4.41. The number of para-hydroxylation sites is 1. The number of benzene rings is 2. The molecule has 0 amide bonds. The molecular formula is C23H25BrN4O4. The molecule has 1 atom stereocenters. The summed E-state index contributed by atoms with van der Waals surface area (Å²) in [5.74, 6) is 0.206. The number of esters is 1. The third-order valence-corrected chi connectivity index (χ3v) is 6.07. The van der Waals surface area contributed by atoms with Crippen molar-refractivity contribution in [2.24, 2.45) is 7.05 Å². The summed E-state index contributed by atoms with van der Waals surface area (Å²) in [6.45, 7) is 4.53. The van der Waals surface area contributed by atoms with Crippen LogP contribution in [0.5, 0.6) is 0 Å². The molecule has 1 aliphatic rings. The molecule has 0 spiro atoms. The van der Waals surface area contributed by atoms with Crippen molar-refractivity contribution in [2.45, 2.75) is 13.0 Å². The maximum Gasteiger partial charge on any atom is 0.339 e. The van der Waals surface area contributed by atoms with Gasteiger partial charge in [0.25, 0.3) is 5.56 Å². The Morgan fingerprint density at radius 3 is 2.69 bits per heavy atom. The number of hydrogen-bond acceptors (Lipinski definition) is 7. The molecule has 32 heavy (non-hydrogen) atoms. The number of nitrogens with zero attached hydrogens (tertiary/aromatic N) is 3. The number of halogens is 1. The molecule has 1 aromatic heterocycles. The van der Waals surface area contributed by atoms with Crippen molar-refractivity contribution in [1.29, 1.82) is 0 Å². The minimum atomic E-state index is -0.416. The number of carbonyl (C=O) groups excluding carboxylic acids is 1. The fourth-order valence-electron chi connectivity index (χ4n) is 3.94. The Hall–Kier alpha value is -2.91. The molecule has 1 unspecified atom stereocenters. The van der Waals surface area contributed by atoms with E-state index >= 15 is 0 Å². The highest BCUT2D eigenvalue weighted by atomic mass is 79.9. The molecule has 2 heterocycles. The predicted molar refractivity (Wildman–Crippen MR) is 128 cm³/mol. The van der Waals surface area contributed by atoms with Crippen molar-refractivity contribution in [3.63, 3.8) is 0 Å². The number of ether oxygens (including phenoxy) is 2. The molecule has 1 fully saturated rings. The van der Waals surface area contributed by atoms with Crippen LogP contribution in [0.25, 0.3) is 10.9 Å². The van der Waals surface area contributed by atoms with E-state index in [1.807, 2.05) is 25.1 Å². The number of morpholine rings is 1. The van der Waals surface area contributed by atoms with Crippen LogP contribution in [-0.2, 0) is 16.5 Å². The first-order chi connectivity index (χ1) is 15.4. The van der Waals surface area contributed by atoms with Gasteiger partial charge in [-0.25, -0.2) is 9.78 Å². The second-order valence-corrected chi connectivity index (χ2v) is 8.59. The van der Waals surface area contributed by atoms with Gasteiger partial charge in [-0.1, -0.05) is 28.1 Å². The maximum absolute atomic E-state index is 13.2. The molecule has 0 radical (unpaired) electrons. The first-order valence-electron chi connectivity index (χ1n) is 10.4. The molecule has 168 valence electrons. The molecule has 1 N–H and O–H groups in total. The van der Waals surface area contributed by atoms with Gasteiger partial charge in [-0.2, -0.15) is 0 Å². The van der Waals surface area contributed by atoms with Crippen molar-refractivity contribution < 1.29 is 14.3 Å². The van der Waals surface area contributed by atoms with E-state index in [1.165, 1.54) is 7.11 Å². The number of methoxy groups -OCH3 is 1. The molecule has 9 heteroatoms. The molecule has 0 bridgehead atoms. The van der Waals surface area contributed by atoms with E-state index in [1.54, 1.807) is 29.8 Å². The van der Waals surface area contributed by atoms with E-state index in [0.29, 0.717) is 54.4 Å². The van der Waals surface area contributed by atoms with Crippen LogP contribution in [0.15, 0.2) is 45.7 Å². The lowest BCUT2D eigenvalue weighted by molar-refractivity contribution is 0.0602. The first kappa shape index (κ1) is 22.3. The van der Waals surface area contributed by atoms with E-state index in [4.69, 9.17) is 14.5 Å². The quantitative estimate of drug-likeness (QED) is 0.536. The Bertz CT molecular complexity index is 1220. The van der Waals surface area contributed by atoms with Crippen molar-refractivity contribution >= 4 is 44.4 Å². The van der Waals surface area contributed by atoms with Gasteiger partial charge in [-0.3, -0.25) is 9.36 Å². The summed E-state index contributed by atoms with van der Waals surface area (Å²) < 4.78 is 12.7. The van der Waals surface area contributed by atoms with E-state index < -0.39 is 5.97 Å². The average Bonchev–Trinajstić information content (AvgIpc) is 2.81. The third kappa shape index (κ3) is 4.22. The fraction of sp³-hybridized carbons (Fsp3) is 0.348. The van der Waals surface area contributed by atoms with E-state index in [2.05, 4.69) is 26.1 Å². The summed E-state index contributed by atoms with van der Waals surface area (Å²) in [6, 6.07) is 10.7. The molecule has 0 saturated carbocycles. The normalized spacial score (nSPS) is 14.9. The van der Waals surface area contributed by atoms with Crippen molar-refractivity contribution in [2.75, 3.05) is 43.6 Å². The highest BCUT2D eigenvalue weighted by Crippen LogP contribution is 2.30. The van der Waals surface area contributed by atoms with Crippen molar-refractivity contribution in [1.82, 2.24) is 9.55 Å². The molecule has 2 aromatic carbocycles. The van der Waals surface area contributed by atoms with Crippen LogP contribution in [0.2, 0.25) is 0 Å². The lowest BCUT2D eigenvalue weighted by Crippen LogP contribution is -2.40. The number of fused-ring (bicyclic) bond motifs is 1. The monoisotopic (exact) mass is 500 g/mol. The minimum Gasteiger partial charge on any atom is -0.465 e. The smallest absolute Gasteiger partial charge is 0.339 e. The van der Waals surface area contributed by atoms with Gasteiger partial charge >= 0.3 is 5.97 Å². The highest BCUT2D eigenvalue weighted by Gasteiger charge is 2.22. The van der Waals surface area contributed by atoms with Crippen LogP contribution in [-0.4, -0.2) is 48.9 Å². The standard InChI is InChI=1S/C23H25BrN4O4/c1-14(25-19-7-5-4-6-16(19)22(30)31-3)17-12-15(24)13-18-20(17)26-23(27(2)21(18)29)28-8-10-32-11-9-28/h4-7,12-14,25H,8-11H2,1-3H3. The van der Waals surface area contributed by atoms with Crippen LogP contribution in [0.1, 0.15) is 28.9 Å². The van der Waals surface area contributed by atoms with Crippen LogP contribution in [0.3, 0.4) is 0 Å². The molecule has 3 aromatic rings. The average molecular weight is 501 g/mol. The largest absolute Gasteiger partial charge is 0.465 e. The van der Waals surface area contributed by atoms with Gasteiger partial charge in [-0.05, 0) is 31.2 Å². The number of anilines is 2. The van der Waals surface area contributed by atoms with E-state index in [9.17, 15) is 9.59 Å².